The molecule has 116 valence electrons. The minimum atomic E-state index is -0.463. The molecule has 1 heterocycles. The second-order valence-electron chi connectivity index (χ2n) is 5.42. The van der Waals surface area contributed by atoms with Gasteiger partial charge in [0.15, 0.2) is 0 Å². The van der Waals surface area contributed by atoms with Gasteiger partial charge in [0.2, 0.25) is 5.95 Å². The summed E-state index contributed by atoms with van der Waals surface area (Å²) in [5, 5.41) is 0. The van der Waals surface area contributed by atoms with Gasteiger partial charge >= 0.3 is 0 Å². The summed E-state index contributed by atoms with van der Waals surface area (Å²) in [6.45, 7) is 2.73. The zero-order chi connectivity index (χ0) is 16.1. The predicted molar refractivity (Wildman–Crippen MR) is 91.3 cm³/mol. The number of nitrogens with one attached hydrogen (secondary N) is 2. The average Bonchev–Trinajstić information content (AvgIpc) is 2.56. The van der Waals surface area contributed by atoms with Gasteiger partial charge in [-0.15, -0.1) is 0 Å². The van der Waals surface area contributed by atoms with E-state index in [-0.39, 0.29) is 0 Å². The molecule has 3 nitrogen and oxygen atoms in total. The fraction of sp³-hybridized carbons (Fsp3) is 0.105. The Labute approximate surface area is 135 Å². The molecule has 23 heavy (non-hydrogen) atoms. The van der Waals surface area contributed by atoms with Crippen molar-refractivity contribution >= 4 is 5.69 Å². The third-order valence-electron chi connectivity index (χ3n) is 3.50. The molecule has 0 aliphatic heterocycles. The first-order valence-electron chi connectivity index (χ1n) is 7.47. The lowest BCUT2D eigenvalue weighted by molar-refractivity contribution is 0.584. The lowest BCUT2D eigenvalue weighted by atomic mass is 10.0. The van der Waals surface area contributed by atoms with E-state index in [1.54, 1.807) is 12.3 Å². The maximum absolute atomic E-state index is 13.0. The Morgan fingerprint density at radius 1 is 0.957 bits per heavy atom. The molecule has 0 aliphatic rings. The maximum atomic E-state index is 13.0. The minimum Gasteiger partial charge on any atom is -0.321 e. The number of hydrazine groups is 1. The summed E-state index contributed by atoms with van der Waals surface area (Å²) in [6.07, 6.45) is 1.56. The van der Waals surface area contributed by atoms with E-state index in [1.165, 1.54) is 6.07 Å². The summed E-state index contributed by atoms with van der Waals surface area (Å²) < 4.78 is 13.0. The molecule has 2 aromatic carbocycles. The number of hydrogen-bond donors (Lipinski definition) is 2. The number of hydrogen-bond acceptors (Lipinski definition) is 3. The van der Waals surface area contributed by atoms with Crippen LogP contribution in [0.25, 0.3) is 11.1 Å². The Morgan fingerprint density at radius 2 is 1.78 bits per heavy atom. The molecular formula is C19H18FN3. The molecular weight excluding hydrogens is 289 g/mol. The first-order valence-corrected chi connectivity index (χ1v) is 7.47. The quantitative estimate of drug-likeness (QED) is 0.545. The van der Waals surface area contributed by atoms with Crippen LogP contribution < -0.4 is 10.9 Å². The molecule has 3 rings (SSSR count). The Kier molecular flexibility index (Phi) is 4.64. The van der Waals surface area contributed by atoms with Crippen molar-refractivity contribution in [2.24, 2.45) is 0 Å². The molecule has 0 saturated carbocycles. The Morgan fingerprint density at radius 3 is 2.52 bits per heavy atom. The summed E-state index contributed by atoms with van der Waals surface area (Å²) in [7, 11) is 0. The van der Waals surface area contributed by atoms with E-state index in [9.17, 15) is 4.39 Å². The highest BCUT2D eigenvalue weighted by Gasteiger charge is 2.03. The molecule has 1 aromatic heterocycles. The molecule has 0 spiro atoms. The van der Waals surface area contributed by atoms with E-state index in [4.69, 9.17) is 0 Å². The Hall–Kier alpha value is -2.72. The molecule has 0 atom stereocenters. The second kappa shape index (κ2) is 7.03. The fourth-order valence-corrected chi connectivity index (χ4v) is 2.45. The van der Waals surface area contributed by atoms with Crippen molar-refractivity contribution in [1.82, 2.24) is 10.4 Å². The van der Waals surface area contributed by atoms with Crippen molar-refractivity contribution in [3.63, 3.8) is 0 Å². The third kappa shape index (κ3) is 4.14. The first-order chi connectivity index (χ1) is 11.2. The van der Waals surface area contributed by atoms with E-state index in [2.05, 4.69) is 41.0 Å². The van der Waals surface area contributed by atoms with Crippen LogP contribution in [0.1, 0.15) is 11.1 Å². The lowest BCUT2D eigenvalue weighted by Crippen LogP contribution is -2.20. The highest BCUT2D eigenvalue weighted by molar-refractivity contribution is 5.64. The number of pyridine rings is 1. The van der Waals surface area contributed by atoms with Crippen molar-refractivity contribution in [1.29, 1.82) is 0 Å². The van der Waals surface area contributed by atoms with Gasteiger partial charge in [-0.1, -0.05) is 35.9 Å². The summed E-state index contributed by atoms with van der Waals surface area (Å²) in [5.41, 5.74) is 11.6. The number of aryl methyl sites for hydroxylation is 1. The molecule has 3 aromatic rings. The molecule has 0 bridgehead atoms. The van der Waals surface area contributed by atoms with Crippen molar-refractivity contribution in [3.05, 3.63) is 83.9 Å². The number of rotatable bonds is 5. The summed E-state index contributed by atoms with van der Waals surface area (Å²) in [6, 6.07) is 19.4. The first kappa shape index (κ1) is 15.2. The minimum absolute atomic E-state index is 0.463. The van der Waals surface area contributed by atoms with Crippen LogP contribution in [-0.2, 0) is 6.54 Å². The molecule has 0 amide bonds. The van der Waals surface area contributed by atoms with Gasteiger partial charge in [-0.25, -0.2) is 10.4 Å². The summed E-state index contributed by atoms with van der Waals surface area (Å²) in [5.74, 6) is -0.463. The second-order valence-corrected chi connectivity index (χ2v) is 5.42. The monoisotopic (exact) mass is 307 g/mol. The predicted octanol–water partition coefficient (Wildman–Crippen LogP) is 4.31. The van der Waals surface area contributed by atoms with Gasteiger partial charge in [0.05, 0.1) is 0 Å². The van der Waals surface area contributed by atoms with Gasteiger partial charge < -0.3 is 5.43 Å². The fourth-order valence-electron chi connectivity index (χ4n) is 2.45. The van der Waals surface area contributed by atoms with Gasteiger partial charge in [-0.2, -0.15) is 4.39 Å². The standard InChI is InChI=1S/C19H18FN3/c1-14-9-15(12-22-23-18-5-3-2-4-6-18)11-17(10-14)16-7-8-19(20)21-13-16/h2-11,13,22-23H,12H2,1H3. The van der Waals surface area contributed by atoms with Crippen molar-refractivity contribution in [2.45, 2.75) is 13.5 Å². The Balaban J connectivity index is 1.71. The van der Waals surface area contributed by atoms with Gasteiger partial charge in [-0.05, 0) is 48.4 Å². The molecule has 0 saturated heterocycles. The molecule has 0 aliphatic carbocycles. The van der Waals surface area contributed by atoms with Crippen LogP contribution in [-0.4, -0.2) is 4.98 Å². The highest BCUT2D eigenvalue weighted by Crippen LogP contribution is 2.22. The molecule has 0 unspecified atom stereocenters. The number of aromatic nitrogens is 1. The van der Waals surface area contributed by atoms with Crippen LogP contribution in [0.4, 0.5) is 10.1 Å². The highest BCUT2D eigenvalue weighted by atomic mass is 19.1. The zero-order valence-corrected chi connectivity index (χ0v) is 12.9. The maximum Gasteiger partial charge on any atom is 0.212 e. The number of anilines is 1. The van der Waals surface area contributed by atoms with Crippen LogP contribution >= 0.6 is 0 Å². The van der Waals surface area contributed by atoms with E-state index in [1.807, 2.05) is 30.3 Å². The number of halogens is 1. The number of benzene rings is 2. The van der Waals surface area contributed by atoms with E-state index < -0.39 is 5.95 Å². The SMILES string of the molecule is Cc1cc(CNNc2ccccc2)cc(-c2ccc(F)nc2)c1. The van der Waals surface area contributed by atoms with Crippen LogP contribution in [0.2, 0.25) is 0 Å². The Bertz CT molecular complexity index is 770. The average molecular weight is 307 g/mol. The largest absolute Gasteiger partial charge is 0.321 e. The topological polar surface area (TPSA) is 37.0 Å². The molecule has 2 N–H and O–H groups in total. The van der Waals surface area contributed by atoms with Gasteiger partial charge in [0.1, 0.15) is 0 Å². The molecule has 0 radical (unpaired) electrons. The number of para-hydroxylation sites is 1. The number of nitrogens with zero attached hydrogens (tertiary/aromatic N) is 1. The zero-order valence-electron chi connectivity index (χ0n) is 12.9. The molecule has 4 heteroatoms. The lowest BCUT2D eigenvalue weighted by Gasteiger charge is -2.11. The van der Waals surface area contributed by atoms with Crippen LogP contribution in [0.5, 0.6) is 0 Å². The van der Waals surface area contributed by atoms with Crippen molar-refractivity contribution in [3.8, 4) is 11.1 Å². The van der Waals surface area contributed by atoms with Crippen LogP contribution in [0.15, 0.2) is 66.9 Å². The molecule has 0 fully saturated rings. The third-order valence-corrected chi connectivity index (χ3v) is 3.50. The van der Waals surface area contributed by atoms with Crippen molar-refractivity contribution < 1.29 is 4.39 Å². The van der Waals surface area contributed by atoms with Gasteiger partial charge in [-0.3, -0.25) is 0 Å². The smallest absolute Gasteiger partial charge is 0.212 e. The van der Waals surface area contributed by atoms with Gasteiger partial charge in [0.25, 0.3) is 0 Å². The van der Waals surface area contributed by atoms with Gasteiger partial charge in [0, 0.05) is 24.0 Å². The summed E-state index contributed by atoms with van der Waals surface area (Å²) >= 11 is 0. The van der Waals surface area contributed by atoms with Crippen LogP contribution in [0, 0.1) is 12.9 Å². The van der Waals surface area contributed by atoms with E-state index in [0.717, 1.165) is 27.9 Å². The normalized spacial score (nSPS) is 10.5. The van der Waals surface area contributed by atoms with E-state index >= 15 is 0 Å². The summed E-state index contributed by atoms with van der Waals surface area (Å²) in [4.78, 5) is 3.72. The van der Waals surface area contributed by atoms with Crippen molar-refractivity contribution in [2.75, 3.05) is 5.43 Å². The van der Waals surface area contributed by atoms with Crippen LogP contribution in [0.3, 0.4) is 0 Å². The van der Waals surface area contributed by atoms with E-state index in [0.29, 0.717) is 6.54 Å².